The van der Waals surface area contributed by atoms with Gasteiger partial charge in [-0.2, -0.15) is 0 Å². The number of rotatable bonds is 2. The van der Waals surface area contributed by atoms with E-state index in [0.717, 1.165) is 11.3 Å². The predicted molar refractivity (Wildman–Crippen MR) is 70.6 cm³/mol. The summed E-state index contributed by atoms with van der Waals surface area (Å²) in [7, 11) is 0. The highest BCUT2D eigenvalue weighted by Gasteiger charge is 2.06. The molecule has 0 atom stereocenters. The molecule has 0 aliphatic carbocycles. The molecule has 0 spiro atoms. The van der Waals surface area contributed by atoms with Gasteiger partial charge in [-0.3, -0.25) is 4.79 Å². The van der Waals surface area contributed by atoms with Crippen molar-refractivity contribution in [1.29, 1.82) is 0 Å². The fourth-order valence-electron chi connectivity index (χ4n) is 1.56. The summed E-state index contributed by atoms with van der Waals surface area (Å²) < 4.78 is 0. The third kappa shape index (κ3) is 3.08. The van der Waals surface area contributed by atoms with Crippen molar-refractivity contribution in [3.63, 3.8) is 0 Å². The SMILES string of the molecule is Cc1cccc(NC(=O)c2cccc(Cl)c2)c1. The average molecular weight is 246 g/mol. The number of amides is 1. The molecule has 2 aromatic rings. The first kappa shape index (κ1) is 11.7. The maximum Gasteiger partial charge on any atom is 0.255 e. The van der Waals surface area contributed by atoms with Crippen LogP contribution in [0.5, 0.6) is 0 Å². The van der Waals surface area contributed by atoms with Crippen molar-refractivity contribution in [2.24, 2.45) is 0 Å². The van der Waals surface area contributed by atoms with Crippen LogP contribution in [0.25, 0.3) is 0 Å². The molecule has 0 unspecified atom stereocenters. The highest BCUT2D eigenvalue weighted by molar-refractivity contribution is 6.31. The molecule has 0 aliphatic rings. The lowest BCUT2D eigenvalue weighted by molar-refractivity contribution is 0.102. The highest BCUT2D eigenvalue weighted by atomic mass is 35.5. The van der Waals surface area contributed by atoms with Crippen LogP contribution in [0.4, 0.5) is 5.69 Å². The van der Waals surface area contributed by atoms with E-state index >= 15 is 0 Å². The second-order valence-corrected chi connectivity index (χ2v) is 4.27. The molecule has 2 aromatic carbocycles. The van der Waals surface area contributed by atoms with Crippen LogP contribution in [0, 0.1) is 6.92 Å². The van der Waals surface area contributed by atoms with E-state index in [2.05, 4.69) is 5.32 Å². The van der Waals surface area contributed by atoms with Gasteiger partial charge in [-0.05, 0) is 42.8 Å². The van der Waals surface area contributed by atoms with Crippen molar-refractivity contribution < 1.29 is 4.79 Å². The zero-order valence-electron chi connectivity index (χ0n) is 9.41. The normalized spacial score (nSPS) is 10.0. The second kappa shape index (κ2) is 5.02. The Kier molecular flexibility index (Phi) is 3.45. The molecule has 0 aromatic heterocycles. The number of nitrogens with one attached hydrogen (secondary N) is 1. The van der Waals surface area contributed by atoms with E-state index in [9.17, 15) is 4.79 Å². The molecule has 3 heteroatoms. The van der Waals surface area contributed by atoms with E-state index in [1.165, 1.54) is 0 Å². The van der Waals surface area contributed by atoms with Gasteiger partial charge >= 0.3 is 0 Å². The minimum Gasteiger partial charge on any atom is -0.322 e. The number of benzene rings is 2. The van der Waals surface area contributed by atoms with Crippen LogP contribution in [0.3, 0.4) is 0 Å². The number of carbonyl (C=O) groups is 1. The van der Waals surface area contributed by atoms with Crippen LogP contribution in [-0.2, 0) is 0 Å². The molecular formula is C14H12ClNO. The molecule has 0 saturated heterocycles. The van der Waals surface area contributed by atoms with Crippen LogP contribution in [0.1, 0.15) is 15.9 Å². The fourth-order valence-corrected chi connectivity index (χ4v) is 1.75. The predicted octanol–water partition coefficient (Wildman–Crippen LogP) is 3.90. The number of anilines is 1. The van der Waals surface area contributed by atoms with Crippen LogP contribution >= 0.6 is 11.6 Å². The van der Waals surface area contributed by atoms with Crippen LogP contribution < -0.4 is 5.32 Å². The topological polar surface area (TPSA) is 29.1 Å². The Balaban J connectivity index is 2.17. The zero-order valence-corrected chi connectivity index (χ0v) is 10.2. The Morgan fingerprint density at radius 2 is 1.88 bits per heavy atom. The number of hydrogen-bond donors (Lipinski definition) is 1. The van der Waals surface area contributed by atoms with Crippen molar-refractivity contribution in [2.45, 2.75) is 6.92 Å². The summed E-state index contributed by atoms with van der Waals surface area (Å²) in [6.45, 7) is 1.98. The summed E-state index contributed by atoms with van der Waals surface area (Å²) in [4.78, 5) is 11.9. The largest absolute Gasteiger partial charge is 0.322 e. The summed E-state index contributed by atoms with van der Waals surface area (Å²) >= 11 is 5.84. The molecule has 2 nitrogen and oxygen atoms in total. The van der Waals surface area contributed by atoms with Crippen molar-refractivity contribution in [3.8, 4) is 0 Å². The van der Waals surface area contributed by atoms with Crippen LogP contribution in [0.2, 0.25) is 5.02 Å². The Hall–Kier alpha value is -1.80. The standard InChI is InChI=1S/C14H12ClNO/c1-10-4-2-7-13(8-10)16-14(17)11-5-3-6-12(15)9-11/h2-9H,1H3,(H,16,17). The monoisotopic (exact) mass is 245 g/mol. The zero-order chi connectivity index (χ0) is 12.3. The number of carbonyl (C=O) groups excluding carboxylic acids is 1. The van der Waals surface area contributed by atoms with Crippen molar-refractivity contribution in [2.75, 3.05) is 5.32 Å². The Morgan fingerprint density at radius 3 is 2.59 bits per heavy atom. The molecule has 0 fully saturated rings. The summed E-state index contributed by atoms with van der Waals surface area (Å²) in [5.74, 6) is -0.155. The Bertz CT molecular complexity index is 551. The summed E-state index contributed by atoms with van der Waals surface area (Å²) in [6, 6.07) is 14.5. The molecule has 0 radical (unpaired) electrons. The molecule has 0 saturated carbocycles. The molecule has 86 valence electrons. The lowest BCUT2D eigenvalue weighted by Gasteiger charge is -2.06. The Labute approximate surface area is 105 Å². The van der Waals surface area contributed by atoms with Gasteiger partial charge in [-0.25, -0.2) is 0 Å². The summed E-state index contributed by atoms with van der Waals surface area (Å²) in [5.41, 5.74) is 2.45. The van der Waals surface area contributed by atoms with Gasteiger partial charge in [0.05, 0.1) is 0 Å². The number of aryl methyl sites for hydroxylation is 1. The van der Waals surface area contributed by atoms with Gasteiger partial charge in [0.25, 0.3) is 5.91 Å². The smallest absolute Gasteiger partial charge is 0.255 e. The first-order chi connectivity index (χ1) is 8.15. The third-order valence-corrected chi connectivity index (χ3v) is 2.60. The average Bonchev–Trinajstić information content (AvgIpc) is 2.29. The van der Waals surface area contributed by atoms with Gasteiger partial charge in [0.1, 0.15) is 0 Å². The maximum absolute atomic E-state index is 11.9. The minimum atomic E-state index is -0.155. The van der Waals surface area contributed by atoms with Crippen LogP contribution in [0.15, 0.2) is 48.5 Å². The van der Waals surface area contributed by atoms with Gasteiger partial charge in [0.15, 0.2) is 0 Å². The molecule has 2 rings (SSSR count). The first-order valence-electron chi connectivity index (χ1n) is 5.29. The van der Waals surface area contributed by atoms with E-state index in [-0.39, 0.29) is 5.91 Å². The van der Waals surface area contributed by atoms with Gasteiger partial charge < -0.3 is 5.32 Å². The minimum absolute atomic E-state index is 0.155. The lowest BCUT2D eigenvalue weighted by atomic mass is 10.2. The van der Waals surface area contributed by atoms with Gasteiger partial charge in [-0.1, -0.05) is 29.8 Å². The van der Waals surface area contributed by atoms with E-state index in [1.54, 1.807) is 24.3 Å². The molecule has 0 bridgehead atoms. The van der Waals surface area contributed by atoms with E-state index < -0.39 is 0 Å². The second-order valence-electron chi connectivity index (χ2n) is 3.83. The van der Waals surface area contributed by atoms with Crippen LogP contribution in [-0.4, -0.2) is 5.91 Å². The van der Waals surface area contributed by atoms with Gasteiger partial charge in [-0.15, -0.1) is 0 Å². The van der Waals surface area contributed by atoms with Gasteiger partial charge in [0, 0.05) is 16.3 Å². The van der Waals surface area contributed by atoms with E-state index in [0.29, 0.717) is 10.6 Å². The first-order valence-corrected chi connectivity index (χ1v) is 5.66. The molecule has 1 N–H and O–H groups in total. The highest BCUT2D eigenvalue weighted by Crippen LogP contribution is 2.14. The molecule has 0 aliphatic heterocycles. The summed E-state index contributed by atoms with van der Waals surface area (Å²) in [6.07, 6.45) is 0. The lowest BCUT2D eigenvalue weighted by Crippen LogP contribution is -2.11. The fraction of sp³-hybridized carbons (Fsp3) is 0.0714. The third-order valence-electron chi connectivity index (χ3n) is 2.36. The van der Waals surface area contributed by atoms with Crippen molar-refractivity contribution in [3.05, 3.63) is 64.7 Å². The molecule has 1 amide bonds. The molecule has 0 heterocycles. The van der Waals surface area contributed by atoms with Gasteiger partial charge in [0.2, 0.25) is 0 Å². The number of hydrogen-bond acceptors (Lipinski definition) is 1. The molecule has 17 heavy (non-hydrogen) atoms. The quantitative estimate of drug-likeness (QED) is 0.854. The van der Waals surface area contributed by atoms with Crippen molar-refractivity contribution >= 4 is 23.2 Å². The van der Waals surface area contributed by atoms with E-state index in [4.69, 9.17) is 11.6 Å². The maximum atomic E-state index is 11.9. The van der Waals surface area contributed by atoms with E-state index in [1.807, 2.05) is 31.2 Å². The summed E-state index contributed by atoms with van der Waals surface area (Å²) in [5, 5.41) is 3.39. The Morgan fingerprint density at radius 1 is 1.12 bits per heavy atom. The molecular weight excluding hydrogens is 234 g/mol. The number of halogens is 1. The van der Waals surface area contributed by atoms with Crippen molar-refractivity contribution in [1.82, 2.24) is 0 Å².